The van der Waals surface area contributed by atoms with Gasteiger partial charge >= 0.3 is 0 Å². The molecular formula is C12H26ClN3O3S. The Morgan fingerprint density at radius 3 is 2.55 bits per heavy atom. The number of hydrogen-bond acceptors (Lipinski definition) is 4. The van der Waals surface area contributed by atoms with Gasteiger partial charge in [0, 0.05) is 25.7 Å². The normalized spacial score (nSPS) is 21.4. The minimum atomic E-state index is -3.32. The monoisotopic (exact) mass is 327 g/mol. The van der Waals surface area contributed by atoms with Gasteiger partial charge in [0.25, 0.3) is 0 Å². The van der Waals surface area contributed by atoms with Crippen LogP contribution in [0.1, 0.15) is 33.1 Å². The lowest BCUT2D eigenvalue weighted by Gasteiger charge is -2.38. The molecule has 1 amide bonds. The molecule has 120 valence electrons. The zero-order valence-electron chi connectivity index (χ0n) is 12.4. The van der Waals surface area contributed by atoms with Crippen LogP contribution in [0.25, 0.3) is 0 Å². The van der Waals surface area contributed by atoms with E-state index in [2.05, 4.69) is 0 Å². The molecule has 0 aromatic heterocycles. The van der Waals surface area contributed by atoms with Crippen LogP contribution in [0.2, 0.25) is 0 Å². The Morgan fingerprint density at radius 2 is 2.05 bits per heavy atom. The molecule has 8 heteroatoms. The van der Waals surface area contributed by atoms with Crippen LogP contribution < -0.4 is 5.73 Å². The summed E-state index contributed by atoms with van der Waals surface area (Å²) in [7, 11) is -1.87. The van der Waals surface area contributed by atoms with Gasteiger partial charge < -0.3 is 10.6 Å². The average Bonchev–Trinajstić information content (AvgIpc) is 2.38. The molecule has 0 bridgehead atoms. The van der Waals surface area contributed by atoms with Crippen molar-refractivity contribution in [2.24, 2.45) is 5.73 Å². The van der Waals surface area contributed by atoms with E-state index in [0.717, 1.165) is 23.6 Å². The topological polar surface area (TPSA) is 83.7 Å². The van der Waals surface area contributed by atoms with Gasteiger partial charge in [0.05, 0.1) is 12.3 Å². The lowest BCUT2D eigenvalue weighted by molar-refractivity contribution is -0.135. The predicted octanol–water partition coefficient (Wildman–Crippen LogP) is 0.418. The predicted molar refractivity (Wildman–Crippen MR) is 82.3 cm³/mol. The summed E-state index contributed by atoms with van der Waals surface area (Å²) in [6.07, 6.45) is 2.92. The van der Waals surface area contributed by atoms with Gasteiger partial charge in [-0.1, -0.05) is 0 Å². The maximum absolute atomic E-state index is 12.3. The van der Waals surface area contributed by atoms with Gasteiger partial charge in [-0.05, 0) is 33.1 Å². The van der Waals surface area contributed by atoms with Gasteiger partial charge in [-0.25, -0.2) is 8.42 Å². The standard InChI is InChI=1S/C12H25N3O3S.ClH/c1-4-19(17,18)14(3)9-12(16)15-8-6-5-7-11(15)10(2)13;/h10-11H,4-9,13H2,1-3H3;1H. The lowest BCUT2D eigenvalue weighted by atomic mass is 9.97. The van der Waals surface area contributed by atoms with Crippen LogP contribution in [0, 0.1) is 0 Å². The quantitative estimate of drug-likeness (QED) is 0.793. The van der Waals surface area contributed by atoms with E-state index in [9.17, 15) is 13.2 Å². The van der Waals surface area contributed by atoms with Crippen molar-refractivity contribution in [2.75, 3.05) is 25.9 Å². The van der Waals surface area contributed by atoms with Gasteiger partial charge in [-0.3, -0.25) is 4.79 Å². The molecule has 1 heterocycles. The summed E-state index contributed by atoms with van der Waals surface area (Å²) >= 11 is 0. The first-order valence-electron chi connectivity index (χ1n) is 6.78. The molecule has 1 rings (SSSR count). The summed E-state index contributed by atoms with van der Waals surface area (Å²) in [5.74, 6) is -0.144. The summed E-state index contributed by atoms with van der Waals surface area (Å²) < 4.78 is 24.5. The first-order valence-corrected chi connectivity index (χ1v) is 8.39. The van der Waals surface area contributed by atoms with Crippen LogP contribution in [0.4, 0.5) is 0 Å². The van der Waals surface area contributed by atoms with E-state index in [-0.39, 0.29) is 42.7 Å². The highest BCUT2D eigenvalue weighted by Gasteiger charge is 2.30. The van der Waals surface area contributed by atoms with Crippen LogP contribution in [0.3, 0.4) is 0 Å². The third kappa shape index (κ3) is 4.87. The molecule has 6 nitrogen and oxygen atoms in total. The third-order valence-corrected chi connectivity index (χ3v) is 5.48. The van der Waals surface area contributed by atoms with Crippen molar-refractivity contribution in [1.82, 2.24) is 9.21 Å². The van der Waals surface area contributed by atoms with Gasteiger partial charge in [-0.2, -0.15) is 4.31 Å². The molecule has 1 fully saturated rings. The van der Waals surface area contributed by atoms with E-state index < -0.39 is 10.0 Å². The van der Waals surface area contributed by atoms with E-state index in [1.165, 1.54) is 7.05 Å². The molecule has 2 unspecified atom stereocenters. The number of halogens is 1. The number of likely N-dealkylation sites (N-methyl/N-ethyl adjacent to an activating group) is 1. The highest BCUT2D eigenvalue weighted by molar-refractivity contribution is 7.89. The Hall–Kier alpha value is -0.370. The van der Waals surface area contributed by atoms with Crippen LogP contribution in [0.15, 0.2) is 0 Å². The lowest BCUT2D eigenvalue weighted by Crippen LogP contribution is -2.54. The Morgan fingerprint density at radius 1 is 1.45 bits per heavy atom. The Bertz CT molecular complexity index is 414. The van der Waals surface area contributed by atoms with Gasteiger partial charge in [0.1, 0.15) is 0 Å². The molecule has 0 aromatic carbocycles. The molecule has 2 N–H and O–H groups in total. The van der Waals surface area contributed by atoms with E-state index in [0.29, 0.717) is 6.54 Å². The fraction of sp³-hybridized carbons (Fsp3) is 0.917. The van der Waals surface area contributed by atoms with Crippen LogP contribution in [0.5, 0.6) is 0 Å². The number of nitrogens with zero attached hydrogens (tertiary/aromatic N) is 2. The van der Waals surface area contributed by atoms with Crippen molar-refractivity contribution in [1.29, 1.82) is 0 Å². The second-order valence-corrected chi connectivity index (χ2v) is 7.53. The number of rotatable bonds is 5. The first kappa shape index (κ1) is 19.6. The fourth-order valence-corrected chi connectivity index (χ4v) is 3.16. The average molecular weight is 328 g/mol. The van der Waals surface area contributed by atoms with Crippen molar-refractivity contribution >= 4 is 28.3 Å². The summed E-state index contributed by atoms with van der Waals surface area (Å²) in [6.45, 7) is 4.04. The third-order valence-electron chi connectivity index (χ3n) is 3.67. The number of amides is 1. The van der Waals surface area contributed by atoms with E-state index in [1.807, 2.05) is 6.92 Å². The van der Waals surface area contributed by atoms with Crippen LogP contribution >= 0.6 is 12.4 Å². The number of sulfonamides is 1. The number of piperidine rings is 1. The number of likely N-dealkylation sites (tertiary alicyclic amines) is 1. The number of carbonyl (C=O) groups excluding carboxylic acids is 1. The second kappa shape index (κ2) is 8.17. The largest absolute Gasteiger partial charge is 0.337 e. The maximum atomic E-state index is 12.3. The zero-order valence-corrected chi connectivity index (χ0v) is 14.0. The van der Waals surface area contributed by atoms with E-state index in [4.69, 9.17) is 5.73 Å². The highest BCUT2D eigenvalue weighted by atomic mass is 35.5. The molecule has 20 heavy (non-hydrogen) atoms. The summed E-state index contributed by atoms with van der Waals surface area (Å²) in [4.78, 5) is 14.0. The molecular weight excluding hydrogens is 302 g/mol. The van der Waals surface area contributed by atoms with Gasteiger partial charge in [-0.15, -0.1) is 12.4 Å². The van der Waals surface area contributed by atoms with E-state index >= 15 is 0 Å². The summed E-state index contributed by atoms with van der Waals surface area (Å²) in [6, 6.07) is -0.0590. The summed E-state index contributed by atoms with van der Waals surface area (Å²) in [5, 5.41) is 0. The van der Waals surface area contributed by atoms with Crippen molar-refractivity contribution in [3.05, 3.63) is 0 Å². The molecule has 1 aliphatic rings. The maximum Gasteiger partial charge on any atom is 0.238 e. The molecule has 0 spiro atoms. The second-order valence-electron chi connectivity index (χ2n) is 5.17. The van der Waals surface area contributed by atoms with Crippen LogP contribution in [-0.2, 0) is 14.8 Å². The Kier molecular flexibility index (Phi) is 8.01. The van der Waals surface area contributed by atoms with Gasteiger partial charge in [0.2, 0.25) is 15.9 Å². The molecule has 2 atom stereocenters. The minimum absolute atomic E-state index is 0. The highest BCUT2D eigenvalue weighted by Crippen LogP contribution is 2.19. The number of hydrogen-bond donors (Lipinski definition) is 1. The molecule has 0 aromatic rings. The van der Waals surface area contributed by atoms with Gasteiger partial charge in [0.15, 0.2) is 0 Å². The Labute approximate surface area is 128 Å². The number of nitrogens with two attached hydrogens (primary N) is 1. The molecule has 0 radical (unpaired) electrons. The SMILES string of the molecule is CCS(=O)(=O)N(C)CC(=O)N1CCCCC1C(C)N.Cl. The minimum Gasteiger partial charge on any atom is -0.337 e. The van der Waals surface area contributed by atoms with Crippen molar-refractivity contribution in [2.45, 2.75) is 45.2 Å². The summed E-state index contributed by atoms with van der Waals surface area (Å²) in [5.41, 5.74) is 5.91. The zero-order chi connectivity index (χ0) is 14.6. The van der Waals surface area contributed by atoms with Crippen molar-refractivity contribution < 1.29 is 13.2 Å². The smallest absolute Gasteiger partial charge is 0.238 e. The number of carbonyl (C=O) groups is 1. The molecule has 0 aliphatic carbocycles. The van der Waals surface area contributed by atoms with Crippen molar-refractivity contribution in [3.63, 3.8) is 0 Å². The van der Waals surface area contributed by atoms with Crippen LogP contribution in [-0.4, -0.2) is 61.5 Å². The van der Waals surface area contributed by atoms with Crippen molar-refractivity contribution in [3.8, 4) is 0 Å². The molecule has 1 aliphatic heterocycles. The molecule has 0 saturated carbocycles. The van der Waals surface area contributed by atoms with E-state index in [1.54, 1.807) is 11.8 Å². The Balaban J connectivity index is 0.00000361. The first-order chi connectivity index (χ1) is 8.79. The fourth-order valence-electron chi connectivity index (χ4n) is 2.41. The molecule has 1 saturated heterocycles.